The van der Waals surface area contributed by atoms with Gasteiger partial charge in [0, 0.05) is 16.7 Å². The number of hydrogen-bond acceptors (Lipinski definition) is 5. The lowest BCUT2D eigenvalue weighted by molar-refractivity contribution is -0.384. The fourth-order valence-corrected chi connectivity index (χ4v) is 3.50. The summed E-state index contributed by atoms with van der Waals surface area (Å²) in [6, 6.07) is 14.7. The summed E-state index contributed by atoms with van der Waals surface area (Å²) in [6.45, 7) is 0.294. The van der Waals surface area contributed by atoms with Crippen molar-refractivity contribution in [2.75, 3.05) is 5.43 Å². The molecule has 0 aromatic heterocycles. The summed E-state index contributed by atoms with van der Waals surface area (Å²) in [5.41, 5.74) is 1.92. The molecule has 0 heterocycles. The first-order chi connectivity index (χ1) is 15.1. The molecule has 0 aliphatic carbocycles. The number of alkyl halides is 3. The summed E-state index contributed by atoms with van der Waals surface area (Å²) in [6.07, 6.45) is -3.29. The molecule has 3 aromatic rings. The molecule has 0 bridgehead atoms. The van der Waals surface area contributed by atoms with Crippen LogP contribution in [0.2, 0.25) is 5.02 Å². The fraction of sp³-hybridized carbons (Fsp3) is 0.0952. The Kier molecular flexibility index (Phi) is 7.56. The Morgan fingerprint density at radius 1 is 1.16 bits per heavy atom. The van der Waals surface area contributed by atoms with Crippen LogP contribution < -0.4 is 10.2 Å². The van der Waals surface area contributed by atoms with Crippen molar-refractivity contribution in [3.05, 3.63) is 96.1 Å². The van der Waals surface area contributed by atoms with Crippen molar-refractivity contribution < 1.29 is 22.8 Å². The van der Waals surface area contributed by atoms with Gasteiger partial charge in [0.25, 0.3) is 5.69 Å². The topological polar surface area (TPSA) is 76.8 Å². The number of nitro benzene ring substituents is 1. The lowest BCUT2D eigenvalue weighted by atomic mass is 10.1. The van der Waals surface area contributed by atoms with E-state index in [-0.39, 0.29) is 5.69 Å². The zero-order valence-electron chi connectivity index (χ0n) is 16.1. The van der Waals surface area contributed by atoms with Crippen LogP contribution in [0.15, 0.2) is 65.8 Å². The van der Waals surface area contributed by atoms with Gasteiger partial charge in [0.2, 0.25) is 0 Å². The van der Waals surface area contributed by atoms with Crippen molar-refractivity contribution in [3.63, 3.8) is 0 Å². The van der Waals surface area contributed by atoms with Crippen LogP contribution in [0.1, 0.15) is 16.7 Å². The van der Waals surface area contributed by atoms with Gasteiger partial charge < -0.3 is 4.74 Å². The van der Waals surface area contributed by atoms with Crippen LogP contribution in [0.5, 0.6) is 5.75 Å². The molecule has 166 valence electrons. The first kappa shape index (κ1) is 23.8. The number of nitro groups is 1. The maximum Gasteiger partial charge on any atom is 0.416 e. The highest BCUT2D eigenvalue weighted by molar-refractivity contribution is 14.1. The van der Waals surface area contributed by atoms with Gasteiger partial charge in [-0.05, 0) is 64.6 Å². The third-order valence-corrected chi connectivity index (χ3v) is 5.43. The van der Waals surface area contributed by atoms with Crippen LogP contribution in [-0.2, 0) is 12.8 Å². The highest BCUT2D eigenvalue weighted by Gasteiger charge is 2.33. The number of hydrogen-bond donors (Lipinski definition) is 1. The van der Waals surface area contributed by atoms with E-state index in [0.29, 0.717) is 29.0 Å². The summed E-state index contributed by atoms with van der Waals surface area (Å²) in [7, 11) is 0. The SMILES string of the molecule is O=[N+]([O-])c1cc(C(F)(F)F)ccc1N/N=C\c1ccc(OCc2ccccc2Cl)c(I)c1. The second-order valence-corrected chi connectivity index (χ2v) is 8.00. The van der Waals surface area contributed by atoms with Crippen molar-refractivity contribution in [3.8, 4) is 5.75 Å². The Morgan fingerprint density at radius 2 is 1.91 bits per heavy atom. The van der Waals surface area contributed by atoms with Gasteiger partial charge in [0.05, 0.1) is 20.3 Å². The van der Waals surface area contributed by atoms with E-state index in [9.17, 15) is 23.3 Å². The number of nitrogens with one attached hydrogen (secondary N) is 1. The van der Waals surface area contributed by atoms with Crippen molar-refractivity contribution in [1.29, 1.82) is 0 Å². The van der Waals surface area contributed by atoms with Crippen LogP contribution in [0, 0.1) is 13.7 Å². The number of hydrazone groups is 1. The molecular formula is C21H14ClF3IN3O3. The maximum absolute atomic E-state index is 12.8. The van der Waals surface area contributed by atoms with Gasteiger partial charge in [0.1, 0.15) is 18.0 Å². The molecule has 0 unspecified atom stereocenters. The van der Waals surface area contributed by atoms with Crippen molar-refractivity contribution in [2.24, 2.45) is 5.10 Å². The van der Waals surface area contributed by atoms with Gasteiger partial charge in [-0.25, -0.2) is 0 Å². The van der Waals surface area contributed by atoms with E-state index in [0.717, 1.165) is 21.3 Å². The molecule has 0 amide bonds. The molecule has 0 saturated carbocycles. The van der Waals surface area contributed by atoms with E-state index in [2.05, 4.69) is 33.1 Å². The number of rotatable bonds is 7. The molecule has 11 heteroatoms. The number of halogens is 5. The molecule has 0 spiro atoms. The maximum atomic E-state index is 12.8. The van der Waals surface area contributed by atoms with Crippen LogP contribution in [0.4, 0.5) is 24.5 Å². The first-order valence-electron chi connectivity index (χ1n) is 8.95. The van der Waals surface area contributed by atoms with E-state index in [1.54, 1.807) is 24.3 Å². The fourth-order valence-electron chi connectivity index (χ4n) is 2.62. The summed E-state index contributed by atoms with van der Waals surface area (Å²) in [4.78, 5) is 10.2. The summed E-state index contributed by atoms with van der Waals surface area (Å²) in [5.74, 6) is 0.633. The zero-order chi connectivity index (χ0) is 23.3. The molecule has 0 radical (unpaired) electrons. The molecule has 0 saturated heterocycles. The average Bonchev–Trinajstić information content (AvgIpc) is 2.73. The monoisotopic (exact) mass is 575 g/mol. The average molecular weight is 576 g/mol. The quantitative estimate of drug-likeness (QED) is 0.144. The molecule has 1 N–H and O–H groups in total. The second kappa shape index (κ2) is 10.2. The van der Waals surface area contributed by atoms with Gasteiger partial charge >= 0.3 is 6.18 Å². The Morgan fingerprint density at radius 3 is 2.56 bits per heavy atom. The minimum absolute atomic E-state index is 0.159. The molecular weight excluding hydrogens is 562 g/mol. The van der Waals surface area contributed by atoms with Gasteiger partial charge in [-0.1, -0.05) is 29.8 Å². The molecule has 0 aliphatic heterocycles. The normalized spacial score (nSPS) is 11.5. The number of benzene rings is 3. The molecule has 0 aliphatic rings. The van der Waals surface area contributed by atoms with Crippen molar-refractivity contribution >= 4 is 51.8 Å². The van der Waals surface area contributed by atoms with Crippen LogP contribution in [-0.4, -0.2) is 11.1 Å². The second-order valence-electron chi connectivity index (χ2n) is 6.43. The van der Waals surface area contributed by atoms with Gasteiger partial charge in [-0.3, -0.25) is 15.5 Å². The Bertz CT molecular complexity index is 1170. The predicted octanol–water partition coefficient (Wildman–Crippen LogP) is 6.90. The summed E-state index contributed by atoms with van der Waals surface area (Å²) >= 11 is 8.21. The summed E-state index contributed by atoms with van der Waals surface area (Å²) in [5, 5.41) is 15.6. The van der Waals surface area contributed by atoms with Crippen LogP contribution in [0.3, 0.4) is 0 Å². The third kappa shape index (κ3) is 6.10. The van der Waals surface area contributed by atoms with Crippen LogP contribution >= 0.6 is 34.2 Å². The summed E-state index contributed by atoms with van der Waals surface area (Å²) < 4.78 is 44.9. The van der Waals surface area contributed by atoms with Gasteiger partial charge in [-0.15, -0.1) is 0 Å². The third-order valence-electron chi connectivity index (χ3n) is 4.22. The molecule has 3 rings (SSSR count). The smallest absolute Gasteiger partial charge is 0.416 e. The lowest BCUT2D eigenvalue weighted by Crippen LogP contribution is -2.06. The highest BCUT2D eigenvalue weighted by atomic mass is 127. The van der Waals surface area contributed by atoms with Crippen LogP contribution in [0.25, 0.3) is 0 Å². The van der Waals surface area contributed by atoms with E-state index < -0.39 is 22.4 Å². The minimum atomic E-state index is -4.68. The lowest BCUT2D eigenvalue weighted by Gasteiger charge is -2.10. The van der Waals surface area contributed by atoms with Crippen molar-refractivity contribution in [1.82, 2.24) is 0 Å². The van der Waals surface area contributed by atoms with Gasteiger partial charge in [0.15, 0.2) is 0 Å². The Labute approximate surface area is 199 Å². The number of anilines is 1. The molecule has 0 atom stereocenters. The number of nitrogens with zero attached hydrogens (tertiary/aromatic N) is 2. The van der Waals surface area contributed by atoms with E-state index in [1.807, 2.05) is 18.2 Å². The number of ether oxygens (including phenoxy) is 1. The molecule has 0 fully saturated rings. The highest BCUT2D eigenvalue weighted by Crippen LogP contribution is 2.35. The Balaban J connectivity index is 1.69. The largest absolute Gasteiger partial charge is 0.488 e. The van der Waals surface area contributed by atoms with E-state index in [4.69, 9.17) is 16.3 Å². The van der Waals surface area contributed by atoms with Crippen molar-refractivity contribution in [2.45, 2.75) is 12.8 Å². The predicted molar refractivity (Wildman–Crippen MR) is 124 cm³/mol. The molecule has 6 nitrogen and oxygen atoms in total. The molecule has 32 heavy (non-hydrogen) atoms. The standard InChI is InChI=1S/C21H14ClF3IN3O3/c22-16-4-2-1-3-14(16)12-32-20-8-5-13(9-17(20)26)11-27-28-18-7-6-15(21(23,24)25)10-19(18)29(30)31/h1-11,28H,12H2/b27-11-. The van der Waals surface area contributed by atoms with E-state index in [1.165, 1.54) is 6.21 Å². The molecule has 3 aromatic carbocycles. The first-order valence-corrected chi connectivity index (χ1v) is 10.4. The zero-order valence-corrected chi connectivity index (χ0v) is 19.0. The van der Waals surface area contributed by atoms with E-state index >= 15 is 0 Å². The minimum Gasteiger partial charge on any atom is -0.488 e. The Hall–Kier alpha value is -2.86. The van der Waals surface area contributed by atoms with Gasteiger partial charge in [-0.2, -0.15) is 18.3 Å².